The average Bonchev–Trinajstić information content (AvgIpc) is 2.88. The Kier molecular flexibility index (Phi) is 5.26. The van der Waals surface area contributed by atoms with E-state index in [1.807, 2.05) is 7.05 Å². The van der Waals surface area contributed by atoms with Crippen molar-refractivity contribution in [3.05, 3.63) is 42.0 Å². The predicted molar refractivity (Wildman–Crippen MR) is 74.7 cm³/mol. The van der Waals surface area contributed by atoms with Crippen molar-refractivity contribution >= 4 is 0 Å². The summed E-state index contributed by atoms with van der Waals surface area (Å²) in [5.41, 5.74) is 1.64. The van der Waals surface area contributed by atoms with Crippen LogP contribution in [-0.4, -0.2) is 37.2 Å². The summed E-state index contributed by atoms with van der Waals surface area (Å²) in [6.07, 6.45) is 2.63. The molecule has 0 saturated heterocycles. The molecule has 0 aliphatic heterocycles. The summed E-state index contributed by atoms with van der Waals surface area (Å²) < 4.78 is 23.3. The molecule has 0 fully saturated rings. The Balaban J connectivity index is 1.93. The normalized spacial score (nSPS) is 11.2. The van der Waals surface area contributed by atoms with E-state index in [2.05, 4.69) is 9.88 Å². The molecule has 1 heterocycles. The lowest BCUT2D eigenvalue weighted by Crippen LogP contribution is -2.20. The third-order valence-electron chi connectivity index (χ3n) is 2.96. The molecule has 108 valence electrons. The highest BCUT2D eigenvalue weighted by atomic mass is 19.1. The molecule has 1 aromatic heterocycles. The van der Waals surface area contributed by atoms with Crippen molar-refractivity contribution in [3.8, 4) is 11.5 Å². The van der Waals surface area contributed by atoms with Gasteiger partial charge >= 0.3 is 0 Å². The summed E-state index contributed by atoms with van der Waals surface area (Å²) in [5.74, 6) is 0.253. The molecule has 0 atom stereocenters. The van der Waals surface area contributed by atoms with Gasteiger partial charge in [-0.2, -0.15) is 0 Å². The smallest absolute Gasteiger partial charge is 0.226 e. The second-order valence-corrected chi connectivity index (χ2v) is 4.74. The van der Waals surface area contributed by atoms with Crippen LogP contribution in [0.25, 0.3) is 11.5 Å². The van der Waals surface area contributed by atoms with E-state index in [0.29, 0.717) is 12.4 Å². The number of hydrogen-bond donors (Lipinski definition) is 0. The van der Waals surface area contributed by atoms with Crippen molar-refractivity contribution in [3.63, 3.8) is 0 Å². The summed E-state index contributed by atoms with van der Waals surface area (Å²) >= 11 is 0. The second kappa shape index (κ2) is 7.17. The molecule has 2 rings (SSSR count). The minimum absolute atomic E-state index is 0.265. The highest BCUT2D eigenvalue weighted by Gasteiger charge is 2.08. The van der Waals surface area contributed by atoms with E-state index < -0.39 is 0 Å². The minimum Gasteiger partial charge on any atom is -0.444 e. The summed E-state index contributed by atoms with van der Waals surface area (Å²) in [7, 11) is 3.73. The van der Waals surface area contributed by atoms with Crippen molar-refractivity contribution in [1.82, 2.24) is 9.88 Å². The van der Waals surface area contributed by atoms with Gasteiger partial charge in [0.2, 0.25) is 5.89 Å². The lowest BCUT2D eigenvalue weighted by atomic mass is 10.2. The Labute approximate surface area is 118 Å². The van der Waals surface area contributed by atoms with Crippen molar-refractivity contribution in [1.29, 1.82) is 0 Å². The number of hydrogen-bond acceptors (Lipinski definition) is 4. The Morgan fingerprint density at radius 3 is 2.75 bits per heavy atom. The molecular formula is C15H19FN2O2. The van der Waals surface area contributed by atoms with Crippen LogP contribution < -0.4 is 0 Å². The maximum absolute atomic E-state index is 12.9. The number of ether oxygens (including phenoxy) is 1. The number of benzene rings is 1. The molecule has 2 aromatic rings. The van der Waals surface area contributed by atoms with Gasteiger partial charge in [-0.3, -0.25) is 0 Å². The Hall–Kier alpha value is -1.72. The van der Waals surface area contributed by atoms with Gasteiger partial charge in [-0.05, 0) is 37.7 Å². The molecular weight excluding hydrogens is 259 g/mol. The Morgan fingerprint density at radius 1 is 1.30 bits per heavy atom. The summed E-state index contributed by atoms with van der Waals surface area (Å²) in [6, 6.07) is 6.12. The molecule has 0 amide bonds. The zero-order chi connectivity index (χ0) is 14.4. The van der Waals surface area contributed by atoms with Crippen LogP contribution in [-0.2, 0) is 11.3 Å². The zero-order valence-electron chi connectivity index (χ0n) is 11.8. The number of nitrogens with zero attached hydrogens (tertiary/aromatic N) is 2. The number of methoxy groups -OCH3 is 1. The lowest BCUT2D eigenvalue weighted by Gasteiger charge is -2.13. The van der Waals surface area contributed by atoms with Gasteiger partial charge in [-0.25, -0.2) is 9.37 Å². The third kappa shape index (κ3) is 4.15. The SMILES string of the molecule is COCCCN(C)Cc1coc(-c2ccc(F)cc2)n1. The molecule has 0 aliphatic carbocycles. The van der Waals surface area contributed by atoms with E-state index in [1.54, 1.807) is 25.5 Å². The number of aromatic nitrogens is 1. The lowest BCUT2D eigenvalue weighted by molar-refractivity contribution is 0.178. The summed E-state index contributed by atoms with van der Waals surface area (Å²) in [6.45, 7) is 2.41. The van der Waals surface area contributed by atoms with Crippen LogP contribution in [0.15, 0.2) is 34.9 Å². The van der Waals surface area contributed by atoms with Crippen LogP contribution in [0.4, 0.5) is 4.39 Å². The molecule has 5 heteroatoms. The summed E-state index contributed by atoms with van der Waals surface area (Å²) in [5, 5.41) is 0. The van der Waals surface area contributed by atoms with Crippen LogP contribution >= 0.6 is 0 Å². The van der Waals surface area contributed by atoms with Gasteiger partial charge in [0.05, 0.1) is 5.69 Å². The maximum atomic E-state index is 12.9. The van der Waals surface area contributed by atoms with Gasteiger partial charge in [0, 0.05) is 32.4 Å². The first-order valence-corrected chi connectivity index (χ1v) is 6.57. The van der Waals surface area contributed by atoms with E-state index in [9.17, 15) is 4.39 Å². The van der Waals surface area contributed by atoms with Crippen LogP contribution in [0.1, 0.15) is 12.1 Å². The quantitative estimate of drug-likeness (QED) is 0.730. The molecule has 1 aromatic carbocycles. The maximum Gasteiger partial charge on any atom is 0.226 e. The molecule has 0 bridgehead atoms. The Morgan fingerprint density at radius 2 is 2.05 bits per heavy atom. The topological polar surface area (TPSA) is 38.5 Å². The Bertz CT molecular complexity index is 525. The fraction of sp³-hybridized carbons (Fsp3) is 0.400. The highest BCUT2D eigenvalue weighted by molar-refractivity contribution is 5.52. The van der Waals surface area contributed by atoms with Crippen LogP contribution in [0.2, 0.25) is 0 Å². The van der Waals surface area contributed by atoms with Gasteiger partial charge < -0.3 is 14.1 Å². The van der Waals surface area contributed by atoms with Crippen LogP contribution in [0.3, 0.4) is 0 Å². The second-order valence-electron chi connectivity index (χ2n) is 4.74. The number of rotatable bonds is 7. The van der Waals surface area contributed by atoms with Gasteiger partial charge in [0.15, 0.2) is 0 Å². The fourth-order valence-corrected chi connectivity index (χ4v) is 1.94. The summed E-state index contributed by atoms with van der Waals surface area (Å²) in [4.78, 5) is 6.57. The number of oxazole rings is 1. The zero-order valence-corrected chi connectivity index (χ0v) is 11.8. The van der Waals surface area contributed by atoms with Crippen LogP contribution in [0, 0.1) is 5.82 Å². The molecule has 0 aliphatic rings. The predicted octanol–water partition coefficient (Wildman–Crippen LogP) is 2.95. The van der Waals surface area contributed by atoms with E-state index in [4.69, 9.17) is 9.15 Å². The molecule has 0 N–H and O–H groups in total. The standard InChI is InChI=1S/C15H19FN2O2/c1-18(8-3-9-19-2)10-14-11-20-15(17-14)12-4-6-13(16)7-5-12/h4-7,11H,3,8-10H2,1-2H3. The molecule has 0 spiro atoms. The first-order chi connectivity index (χ1) is 9.69. The molecule has 4 nitrogen and oxygen atoms in total. The monoisotopic (exact) mass is 278 g/mol. The molecule has 0 radical (unpaired) electrons. The largest absolute Gasteiger partial charge is 0.444 e. The van der Waals surface area contributed by atoms with E-state index in [0.717, 1.165) is 30.8 Å². The molecule has 0 saturated carbocycles. The third-order valence-corrected chi connectivity index (χ3v) is 2.96. The first-order valence-electron chi connectivity index (χ1n) is 6.57. The van der Waals surface area contributed by atoms with Crippen molar-refractivity contribution in [2.45, 2.75) is 13.0 Å². The van der Waals surface area contributed by atoms with Gasteiger partial charge in [-0.15, -0.1) is 0 Å². The molecule has 0 unspecified atom stereocenters. The van der Waals surface area contributed by atoms with Crippen molar-refractivity contribution in [2.24, 2.45) is 0 Å². The highest BCUT2D eigenvalue weighted by Crippen LogP contribution is 2.19. The first kappa shape index (κ1) is 14.7. The number of halogens is 1. The fourth-order valence-electron chi connectivity index (χ4n) is 1.94. The minimum atomic E-state index is -0.265. The van der Waals surface area contributed by atoms with Crippen molar-refractivity contribution < 1.29 is 13.5 Å². The van der Waals surface area contributed by atoms with Crippen molar-refractivity contribution in [2.75, 3.05) is 27.3 Å². The van der Waals surface area contributed by atoms with Crippen LogP contribution in [0.5, 0.6) is 0 Å². The van der Waals surface area contributed by atoms with Gasteiger partial charge in [0.1, 0.15) is 12.1 Å². The molecule has 20 heavy (non-hydrogen) atoms. The van der Waals surface area contributed by atoms with E-state index in [1.165, 1.54) is 12.1 Å². The van der Waals surface area contributed by atoms with E-state index >= 15 is 0 Å². The van der Waals surface area contributed by atoms with Gasteiger partial charge in [-0.1, -0.05) is 0 Å². The van der Waals surface area contributed by atoms with E-state index in [-0.39, 0.29) is 5.82 Å². The van der Waals surface area contributed by atoms with Gasteiger partial charge in [0.25, 0.3) is 0 Å². The average molecular weight is 278 g/mol.